The first-order valence-corrected chi connectivity index (χ1v) is 6.08. The SMILES string of the molecule is COc1cccc2c1c(=O)n(CCCN)c(=O)n2C. The highest BCUT2D eigenvalue weighted by molar-refractivity contribution is 5.84. The van der Waals surface area contributed by atoms with Crippen LogP contribution in [0, 0.1) is 0 Å². The molecule has 6 heteroatoms. The van der Waals surface area contributed by atoms with Gasteiger partial charge in [0.2, 0.25) is 0 Å². The number of fused-ring (bicyclic) bond motifs is 1. The Morgan fingerprint density at radius 3 is 2.68 bits per heavy atom. The van der Waals surface area contributed by atoms with Crippen LogP contribution in [0.3, 0.4) is 0 Å². The molecule has 0 radical (unpaired) electrons. The van der Waals surface area contributed by atoms with Crippen LogP contribution in [0.5, 0.6) is 5.75 Å². The van der Waals surface area contributed by atoms with E-state index in [1.165, 1.54) is 16.2 Å². The second-order valence-corrected chi connectivity index (χ2v) is 4.30. The lowest BCUT2D eigenvalue weighted by atomic mass is 10.2. The topological polar surface area (TPSA) is 79.2 Å². The van der Waals surface area contributed by atoms with Gasteiger partial charge in [0, 0.05) is 13.6 Å². The van der Waals surface area contributed by atoms with Crippen LogP contribution in [0.1, 0.15) is 6.42 Å². The number of nitrogens with two attached hydrogens (primary N) is 1. The summed E-state index contributed by atoms with van der Waals surface area (Å²) in [5, 5.41) is 0.420. The van der Waals surface area contributed by atoms with Crippen molar-refractivity contribution in [3.05, 3.63) is 39.0 Å². The van der Waals surface area contributed by atoms with Gasteiger partial charge in [-0.25, -0.2) is 4.79 Å². The standard InChI is InChI=1S/C13H17N3O3/c1-15-9-5-3-6-10(19-2)11(9)12(17)16(13(15)18)8-4-7-14/h3,5-6H,4,7-8,14H2,1-2H3. The number of benzene rings is 1. The number of aryl methyl sites for hydroxylation is 1. The van der Waals surface area contributed by atoms with E-state index in [0.29, 0.717) is 36.2 Å². The van der Waals surface area contributed by atoms with E-state index in [0.717, 1.165) is 0 Å². The molecule has 2 aromatic rings. The highest BCUT2D eigenvalue weighted by atomic mass is 16.5. The quantitative estimate of drug-likeness (QED) is 0.845. The van der Waals surface area contributed by atoms with E-state index in [1.54, 1.807) is 25.2 Å². The molecule has 2 N–H and O–H groups in total. The number of aromatic nitrogens is 2. The zero-order chi connectivity index (χ0) is 14.0. The monoisotopic (exact) mass is 263 g/mol. The molecule has 0 saturated heterocycles. The summed E-state index contributed by atoms with van der Waals surface area (Å²) < 4.78 is 7.87. The van der Waals surface area contributed by atoms with Gasteiger partial charge >= 0.3 is 5.69 Å². The van der Waals surface area contributed by atoms with Crippen molar-refractivity contribution in [1.82, 2.24) is 9.13 Å². The van der Waals surface area contributed by atoms with Crippen molar-refractivity contribution in [3.8, 4) is 5.75 Å². The predicted molar refractivity (Wildman–Crippen MR) is 73.7 cm³/mol. The van der Waals surface area contributed by atoms with Gasteiger partial charge in [-0.05, 0) is 25.1 Å². The molecule has 0 aliphatic carbocycles. The second-order valence-electron chi connectivity index (χ2n) is 4.30. The molecular formula is C13H17N3O3. The molecule has 0 bridgehead atoms. The zero-order valence-corrected chi connectivity index (χ0v) is 11.0. The summed E-state index contributed by atoms with van der Waals surface area (Å²) in [7, 11) is 3.14. The minimum atomic E-state index is -0.334. The number of hydrogen-bond acceptors (Lipinski definition) is 4. The maximum atomic E-state index is 12.4. The lowest BCUT2D eigenvalue weighted by Crippen LogP contribution is -2.39. The first-order valence-electron chi connectivity index (χ1n) is 6.08. The number of rotatable bonds is 4. The molecule has 6 nitrogen and oxygen atoms in total. The fourth-order valence-electron chi connectivity index (χ4n) is 2.14. The third kappa shape index (κ3) is 2.15. The van der Waals surface area contributed by atoms with Crippen LogP contribution >= 0.6 is 0 Å². The fraction of sp³-hybridized carbons (Fsp3) is 0.385. The summed E-state index contributed by atoms with van der Waals surface area (Å²) >= 11 is 0. The summed E-state index contributed by atoms with van der Waals surface area (Å²) in [5.74, 6) is 0.472. The Hall–Kier alpha value is -2.08. The molecule has 0 amide bonds. The molecule has 19 heavy (non-hydrogen) atoms. The second kappa shape index (κ2) is 5.27. The van der Waals surface area contributed by atoms with Crippen LogP contribution in [-0.4, -0.2) is 22.8 Å². The molecular weight excluding hydrogens is 246 g/mol. The van der Waals surface area contributed by atoms with Gasteiger partial charge in [0.25, 0.3) is 5.56 Å². The van der Waals surface area contributed by atoms with Crippen molar-refractivity contribution in [2.24, 2.45) is 12.8 Å². The molecule has 0 aliphatic heterocycles. The number of nitrogens with zero attached hydrogens (tertiary/aromatic N) is 2. The molecule has 1 aromatic heterocycles. The van der Waals surface area contributed by atoms with Gasteiger partial charge in [0.05, 0.1) is 12.6 Å². The molecule has 2 rings (SSSR count). The van der Waals surface area contributed by atoms with Crippen LogP contribution in [-0.2, 0) is 13.6 Å². The summed E-state index contributed by atoms with van der Waals surface area (Å²) in [6.45, 7) is 0.746. The highest BCUT2D eigenvalue weighted by Crippen LogP contribution is 2.20. The van der Waals surface area contributed by atoms with Crippen molar-refractivity contribution in [2.75, 3.05) is 13.7 Å². The Morgan fingerprint density at radius 1 is 1.32 bits per heavy atom. The third-order valence-corrected chi connectivity index (χ3v) is 3.15. The van der Waals surface area contributed by atoms with Gasteiger partial charge in [-0.2, -0.15) is 0 Å². The van der Waals surface area contributed by atoms with Crippen LogP contribution in [0.2, 0.25) is 0 Å². The smallest absolute Gasteiger partial charge is 0.331 e. The van der Waals surface area contributed by atoms with E-state index in [9.17, 15) is 9.59 Å². The molecule has 1 aromatic carbocycles. The Kier molecular flexibility index (Phi) is 3.71. The largest absolute Gasteiger partial charge is 0.496 e. The van der Waals surface area contributed by atoms with E-state index in [4.69, 9.17) is 10.5 Å². The van der Waals surface area contributed by atoms with Gasteiger partial charge in [-0.3, -0.25) is 13.9 Å². The minimum absolute atomic E-state index is 0.315. The Bertz CT molecular complexity index is 715. The van der Waals surface area contributed by atoms with Crippen LogP contribution in [0.15, 0.2) is 27.8 Å². The van der Waals surface area contributed by atoms with E-state index in [-0.39, 0.29) is 11.2 Å². The van der Waals surface area contributed by atoms with Gasteiger partial charge in [-0.15, -0.1) is 0 Å². The third-order valence-electron chi connectivity index (χ3n) is 3.15. The van der Waals surface area contributed by atoms with Crippen molar-refractivity contribution < 1.29 is 4.74 Å². The number of ether oxygens (including phenoxy) is 1. The summed E-state index contributed by atoms with van der Waals surface area (Å²) in [4.78, 5) is 24.6. The van der Waals surface area contributed by atoms with Gasteiger partial charge in [-0.1, -0.05) is 6.07 Å². The predicted octanol–water partition coefficient (Wildman–Crippen LogP) is 0.0576. The molecule has 1 heterocycles. The molecule has 0 unspecified atom stereocenters. The van der Waals surface area contributed by atoms with Crippen molar-refractivity contribution in [3.63, 3.8) is 0 Å². The molecule has 0 aliphatic rings. The Morgan fingerprint density at radius 2 is 2.05 bits per heavy atom. The van der Waals surface area contributed by atoms with Gasteiger partial charge in [0.15, 0.2) is 0 Å². The summed E-state index contributed by atoms with van der Waals surface area (Å²) in [6.07, 6.45) is 0.579. The normalized spacial score (nSPS) is 10.9. The average molecular weight is 263 g/mol. The Labute approximate surface area is 110 Å². The molecule has 0 fully saturated rings. The average Bonchev–Trinajstić information content (AvgIpc) is 2.44. The van der Waals surface area contributed by atoms with Gasteiger partial charge in [0.1, 0.15) is 11.1 Å². The summed E-state index contributed by atoms with van der Waals surface area (Å²) in [6, 6.07) is 5.19. The van der Waals surface area contributed by atoms with E-state index in [1.807, 2.05) is 0 Å². The van der Waals surface area contributed by atoms with Gasteiger partial charge < -0.3 is 10.5 Å². The highest BCUT2D eigenvalue weighted by Gasteiger charge is 2.13. The number of methoxy groups -OCH3 is 1. The molecule has 0 saturated carbocycles. The molecule has 0 spiro atoms. The van der Waals surface area contributed by atoms with E-state index >= 15 is 0 Å². The van der Waals surface area contributed by atoms with Crippen LogP contribution in [0.4, 0.5) is 0 Å². The van der Waals surface area contributed by atoms with Crippen molar-refractivity contribution in [1.29, 1.82) is 0 Å². The minimum Gasteiger partial charge on any atom is -0.496 e. The maximum Gasteiger partial charge on any atom is 0.331 e. The van der Waals surface area contributed by atoms with E-state index < -0.39 is 0 Å². The lowest BCUT2D eigenvalue weighted by molar-refractivity contribution is 0.418. The number of hydrogen-bond donors (Lipinski definition) is 1. The lowest BCUT2D eigenvalue weighted by Gasteiger charge is -2.12. The first kappa shape index (κ1) is 13.4. The van der Waals surface area contributed by atoms with Crippen molar-refractivity contribution >= 4 is 10.9 Å². The molecule has 0 atom stereocenters. The maximum absolute atomic E-state index is 12.4. The van der Waals surface area contributed by atoms with Crippen molar-refractivity contribution in [2.45, 2.75) is 13.0 Å². The molecule has 102 valence electrons. The van der Waals surface area contributed by atoms with Crippen LogP contribution < -0.4 is 21.7 Å². The Balaban J connectivity index is 2.86. The fourth-order valence-corrected chi connectivity index (χ4v) is 2.14. The van der Waals surface area contributed by atoms with E-state index in [2.05, 4.69) is 0 Å². The summed E-state index contributed by atoms with van der Waals surface area (Å²) in [5.41, 5.74) is 5.34. The van der Waals surface area contributed by atoms with Crippen LogP contribution in [0.25, 0.3) is 10.9 Å². The zero-order valence-electron chi connectivity index (χ0n) is 11.0. The first-order chi connectivity index (χ1) is 9.11.